The van der Waals surface area contributed by atoms with E-state index in [1.54, 1.807) is 20.0 Å². The lowest BCUT2D eigenvalue weighted by Crippen LogP contribution is -2.22. The fourth-order valence-corrected chi connectivity index (χ4v) is 2.69. The molecular weight excluding hydrogens is 320 g/mol. The van der Waals surface area contributed by atoms with Gasteiger partial charge in [-0.3, -0.25) is 10.1 Å². The maximum Gasteiger partial charge on any atom is 0.333 e. The summed E-state index contributed by atoms with van der Waals surface area (Å²) in [5, 5.41) is 28.5. The van der Waals surface area contributed by atoms with Crippen LogP contribution in [0.2, 0.25) is 5.02 Å². The fourth-order valence-electron chi connectivity index (χ4n) is 2.48. The van der Waals surface area contributed by atoms with E-state index in [-0.39, 0.29) is 18.2 Å². The van der Waals surface area contributed by atoms with Crippen LogP contribution in [0, 0.1) is 23.0 Å². The first-order valence-electron chi connectivity index (χ1n) is 7.20. The number of nitrogens with one attached hydrogen (secondary N) is 1. The van der Waals surface area contributed by atoms with Gasteiger partial charge in [0.05, 0.1) is 4.92 Å². The van der Waals surface area contributed by atoms with Crippen LogP contribution >= 0.6 is 11.6 Å². The van der Waals surface area contributed by atoms with Crippen molar-refractivity contribution < 1.29 is 10.0 Å². The monoisotopic (exact) mass is 338 g/mol. The lowest BCUT2D eigenvalue weighted by molar-refractivity contribution is -0.384. The van der Waals surface area contributed by atoms with E-state index in [0.29, 0.717) is 29.5 Å². The van der Waals surface area contributed by atoms with Crippen molar-refractivity contribution in [1.29, 1.82) is 0 Å². The summed E-state index contributed by atoms with van der Waals surface area (Å²) < 4.78 is 1.44. The number of nitrogens with zero attached hydrogens (tertiary/aromatic N) is 3. The van der Waals surface area contributed by atoms with Gasteiger partial charge in [0.25, 0.3) is 0 Å². The van der Waals surface area contributed by atoms with Crippen LogP contribution in [0.1, 0.15) is 11.3 Å². The standard InChI is InChI=1S/C15H19ClN4O3/c1-10-14(20(22)23)15(19(2)18-10)17-8-11(9-21)7-12-5-3-4-6-13(12)16/h3-6,11,17,21H,7-9H2,1-2H3/t11-/m1/s1. The molecule has 8 heteroatoms. The van der Waals surface area contributed by atoms with E-state index in [9.17, 15) is 15.2 Å². The van der Waals surface area contributed by atoms with E-state index in [0.717, 1.165) is 5.56 Å². The average molecular weight is 339 g/mol. The van der Waals surface area contributed by atoms with Gasteiger partial charge in [0.15, 0.2) is 0 Å². The number of aromatic nitrogens is 2. The molecule has 1 aromatic carbocycles. The number of hydrogen-bond donors (Lipinski definition) is 2. The Hall–Kier alpha value is -2.12. The Morgan fingerprint density at radius 2 is 2.17 bits per heavy atom. The number of aliphatic hydroxyl groups excluding tert-OH is 1. The summed E-state index contributed by atoms with van der Waals surface area (Å²) in [6, 6.07) is 7.44. The highest BCUT2D eigenvalue weighted by atomic mass is 35.5. The number of halogens is 1. The van der Waals surface area contributed by atoms with E-state index >= 15 is 0 Å². The predicted molar refractivity (Wildman–Crippen MR) is 88.8 cm³/mol. The van der Waals surface area contributed by atoms with Gasteiger partial charge < -0.3 is 10.4 Å². The first-order chi connectivity index (χ1) is 10.9. The van der Waals surface area contributed by atoms with E-state index in [1.165, 1.54) is 4.68 Å². The number of rotatable bonds is 7. The molecule has 2 rings (SSSR count). The van der Waals surface area contributed by atoms with Crippen LogP contribution in [0.25, 0.3) is 0 Å². The van der Waals surface area contributed by atoms with Crippen LogP contribution in [0.5, 0.6) is 0 Å². The molecule has 0 aliphatic heterocycles. The van der Waals surface area contributed by atoms with Crippen molar-refractivity contribution in [2.75, 3.05) is 18.5 Å². The third kappa shape index (κ3) is 4.00. The molecule has 0 bridgehead atoms. The van der Waals surface area contributed by atoms with E-state index in [1.807, 2.05) is 18.2 Å². The van der Waals surface area contributed by atoms with Crippen LogP contribution < -0.4 is 5.32 Å². The van der Waals surface area contributed by atoms with Gasteiger partial charge in [0.1, 0.15) is 5.69 Å². The molecule has 2 N–H and O–H groups in total. The second kappa shape index (κ2) is 7.43. The Kier molecular flexibility index (Phi) is 5.57. The Morgan fingerprint density at radius 3 is 2.78 bits per heavy atom. The molecule has 0 unspecified atom stereocenters. The summed E-state index contributed by atoms with van der Waals surface area (Å²) in [5.41, 5.74) is 1.25. The van der Waals surface area contributed by atoms with Crippen LogP contribution in [0.4, 0.5) is 11.5 Å². The molecule has 0 saturated heterocycles. The van der Waals surface area contributed by atoms with Gasteiger partial charge in [-0.15, -0.1) is 0 Å². The Labute approximate surface area is 139 Å². The summed E-state index contributed by atoms with van der Waals surface area (Å²) in [4.78, 5) is 10.7. The number of aryl methyl sites for hydroxylation is 2. The molecule has 1 heterocycles. The maximum atomic E-state index is 11.2. The van der Waals surface area contributed by atoms with Crippen molar-refractivity contribution in [2.24, 2.45) is 13.0 Å². The second-order valence-electron chi connectivity index (χ2n) is 5.39. The van der Waals surface area contributed by atoms with Crippen LogP contribution in [-0.2, 0) is 13.5 Å². The highest BCUT2D eigenvalue weighted by molar-refractivity contribution is 6.31. The minimum Gasteiger partial charge on any atom is -0.396 e. The van der Waals surface area contributed by atoms with Gasteiger partial charge >= 0.3 is 5.69 Å². The summed E-state index contributed by atoms with van der Waals surface area (Å²) in [5.74, 6) is 0.217. The zero-order valence-corrected chi connectivity index (χ0v) is 13.7. The van der Waals surface area contributed by atoms with Crippen molar-refractivity contribution >= 4 is 23.1 Å². The minimum atomic E-state index is -0.452. The first-order valence-corrected chi connectivity index (χ1v) is 7.58. The predicted octanol–water partition coefficient (Wildman–Crippen LogP) is 2.55. The third-order valence-corrected chi connectivity index (χ3v) is 4.02. The Bertz CT molecular complexity index is 702. The van der Waals surface area contributed by atoms with Crippen molar-refractivity contribution in [2.45, 2.75) is 13.3 Å². The highest BCUT2D eigenvalue weighted by Gasteiger charge is 2.24. The van der Waals surface area contributed by atoms with Gasteiger partial charge in [-0.1, -0.05) is 29.8 Å². The summed E-state index contributed by atoms with van der Waals surface area (Å²) >= 11 is 6.13. The van der Waals surface area contributed by atoms with Gasteiger partial charge in [-0.05, 0) is 25.0 Å². The molecule has 0 aliphatic rings. The molecule has 0 aliphatic carbocycles. The van der Waals surface area contributed by atoms with Crippen molar-refractivity contribution in [3.63, 3.8) is 0 Å². The van der Waals surface area contributed by atoms with Gasteiger partial charge in [-0.2, -0.15) is 5.10 Å². The average Bonchev–Trinajstić information content (AvgIpc) is 2.79. The van der Waals surface area contributed by atoms with E-state index in [2.05, 4.69) is 10.4 Å². The number of aliphatic hydroxyl groups is 1. The van der Waals surface area contributed by atoms with Crippen molar-refractivity contribution in [3.8, 4) is 0 Å². The Morgan fingerprint density at radius 1 is 1.48 bits per heavy atom. The van der Waals surface area contributed by atoms with Crippen LogP contribution in [0.15, 0.2) is 24.3 Å². The lowest BCUT2D eigenvalue weighted by Gasteiger charge is -2.16. The zero-order valence-electron chi connectivity index (χ0n) is 13.0. The number of nitro groups is 1. The number of anilines is 1. The van der Waals surface area contributed by atoms with Gasteiger partial charge in [-0.25, -0.2) is 4.68 Å². The molecule has 0 amide bonds. The molecule has 2 aromatic rings. The molecule has 7 nitrogen and oxygen atoms in total. The fraction of sp³-hybridized carbons (Fsp3) is 0.400. The topological polar surface area (TPSA) is 93.2 Å². The second-order valence-corrected chi connectivity index (χ2v) is 5.80. The van der Waals surface area contributed by atoms with Crippen molar-refractivity contribution in [1.82, 2.24) is 9.78 Å². The summed E-state index contributed by atoms with van der Waals surface area (Å²) in [7, 11) is 1.64. The molecule has 124 valence electrons. The number of hydrogen-bond acceptors (Lipinski definition) is 5. The normalized spacial score (nSPS) is 12.2. The van der Waals surface area contributed by atoms with Gasteiger partial charge in [0.2, 0.25) is 5.82 Å². The largest absolute Gasteiger partial charge is 0.396 e. The van der Waals surface area contributed by atoms with E-state index < -0.39 is 4.92 Å². The maximum absolute atomic E-state index is 11.2. The molecule has 23 heavy (non-hydrogen) atoms. The quantitative estimate of drug-likeness (QED) is 0.597. The summed E-state index contributed by atoms with van der Waals surface area (Å²) in [6.07, 6.45) is 0.577. The molecule has 1 atom stereocenters. The van der Waals surface area contributed by atoms with Gasteiger partial charge in [0, 0.05) is 31.1 Å². The Balaban J connectivity index is 2.10. The van der Waals surface area contributed by atoms with E-state index in [4.69, 9.17) is 11.6 Å². The minimum absolute atomic E-state index is 0.0399. The lowest BCUT2D eigenvalue weighted by atomic mass is 10.00. The molecule has 0 spiro atoms. The molecule has 0 fully saturated rings. The summed E-state index contributed by atoms with van der Waals surface area (Å²) in [6.45, 7) is 1.92. The van der Waals surface area contributed by atoms with Crippen LogP contribution in [0.3, 0.4) is 0 Å². The smallest absolute Gasteiger partial charge is 0.333 e. The molecule has 1 aromatic heterocycles. The molecule has 0 saturated carbocycles. The third-order valence-electron chi connectivity index (χ3n) is 3.66. The molecular formula is C15H19ClN4O3. The zero-order chi connectivity index (χ0) is 17.0. The first kappa shape index (κ1) is 17.2. The molecule has 0 radical (unpaired) electrons. The van der Waals surface area contributed by atoms with Crippen molar-refractivity contribution in [3.05, 3.63) is 50.7 Å². The number of benzene rings is 1. The highest BCUT2D eigenvalue weighted by Crippen LogP contribution is 2.27. The van der Waals surface area contributed by atoms with Crippen LogP contribution in [-0.4, -0.2) is 33.0 Å². The SMILES string of the molecule is Cc1nn(C)c(NC[C@H](CO)Cc2ccccc2Cl)c1[N+](=O)[O-].